The van der Waals surface area contributed by atoms with E-state index in [-0.39, 0.29) is 11.9 Å². The predicted octanol–water partition coefficient (Wildman–Crippen LogP) is 2.88. The molecule has 6 nitrogen and oxygen atoms in total. The summed E-state index contributed by atoms with van der Waals surface area (Å²) in [4.78, 5) is 14.5. The average Bonchev–Trinajstić information content (AvgIpc) is 3.18. The van der Waals surface area contributed by atoms with Gasteiger partial charge in [-0.1, -0.05) is 10.3 Å². The summed E-state index contributed by atoms with van der Waals surface area (Å²) in [6, 6.07) is 1.95. The molecule has 1 saturated heterocycles. The van der Waals surface area contributed by atoms with Crippen LogP contribution in [0.15, 0.2) is 15.1 Å². The summed E-state index contributed by atoms with van der Waals surface area (Å²) in [6.45, 7) is 6.47. The van der Waals surface area contributed by atoms with Crippen molar-refractivity contribution in [2.75, 3.05) is 6.54 Å². The number of carbonyl (C=O) groups is 1. The summed E-state index contributed by atoms with van der Waals surface area (Å²) in [7, 11) is 0. The summed E-state index contributed by atoms with van der Waals surface area (Å²) in [6.07, 6.45) is 3.07. The molecule has 0 unspecified atom stereocenters. The third-order valence-corrected chi connectivity index (χ3v) is 4.32. The Balaban J connectivity index is 1.66. The fourth-order valence-electron chi connectivity index (χ4n) is 3.14. The van der Waals surface area contributed by atoms with Crippen molar-refractivity contribution in [1.82, 2.24) is 15.2 Å². The van der Waals surface area contributed by atoms with E-state index >= 15 is 0 Å². The van der Waals surface area contributed by atoms with Crippen LogP contribution in [0.25, 0.3) is 0 Å². The molecule has 1 aliphatic rings. The Morgan fingerprint density at radius 1 is 1.32 bits per heavy atom. The molecule has 3 rings (SSSR count). The zero-order valence-electron chi connectivity index (χ0n) is 13.3. The predicted molar refractivity (Wildman–Crippen MR) is 79.2 cm³/mol. The van der Waals surface area contributed by atoms with E-state index in [1.54, 1.807) is 0 Å². The van der Waals surface area contributed by atoms with Crippen LogP contribution in [0.5, 0.6) is 0 Å². The first-order valence-corrected chi connectivity index (χ1v) is 7.70. The van der Waals surface area contributed by atoms with Crippen molar-refractivity contribution >= 4 is 5.91 Å². The lowest BCUT2D eigenvalue weighted by Gasteiger charge is -2.22. The molecule has 0 aromatic carbocycles. The summed E-state index contributed by atoms with van der Waals surface area (Å²) in [5, 5.41) is 7.86. The maximum absolute atomic E-state index is 12.6. The van der Waals surface area contributed by atoms with Crippen molar-refractivity contribution in [1.29, 1.82) is 0 Å². The molecular formula is C16H21N3O3. The first kappa shape index (κ1) is 14.8. The molecule has 0 bridgehead atoms. The molecule has 1 aliphatic heterocycles. The minimum atomic E-state index is 0.0263. The molecule has 0 spiro atoms. The van der Waals surface area contributed by atoms with E-state index in [9.17, 15) is 4.79 Å². The molecule has 2 aromatic heterocycles. The van der Waals surface area contributed by atoms with Crippen molar-refractivity contribution in [2.45, 2.75) is 52.5 Å². The van der Waals surface area contributed by atoms with Gasteiger partial charge in [-0.05, 0) is 40.0 Å². The van der Waals surface area contributed by atoms with Crippen LogP contribution in [0.1, 0.15) is 53.8 Å². The van der Waals surface area contributed by atoms with Crippen molar-refractivity contribution in [3.8, 4) is 0 Å². The maximum Gasteiger partial charge on any atom is 0.223 e. The van der Waals surface area contributed by atoms with Gasteiger partial charge in [0.05, 0.1) is 17.4 Å². The van der Waals surface area contributed by atoms with Gasteiger partial charge in [-0.15, -0.1) is 0 Å². The Morgan fingerprint density at radius 3 is 2.77 bits per heavy atom. The molecule has 6 heteroatoms. The molecule has 0 aliphatic carbocycles. The molecular weight excluding hydrogens is 282 g/mol. The van der Waals surface area contributed by atoms with Gasteiger partial charge < -0.3 is 13.9 Å². The van der Waals surface area contributed by atoms with Gasteiger partial charge >= 0.3 is 0 Å². The number of aryl methyl sites for hydroxylation is 3. The first-order chi connectivity index (χ1) is 10.6. The maximum atomic E-state index is 12.6. The van der Waals surface area contributed by atoms with Crippen LogP contribution in [-0.2, 0) is 11.2 Å². The monoisotopic (exact) mass is 303 g/mol. The van der Waals surface area contributed by atoms with Gasteiger partial charge in [0.2, 0.25) is 5.91 Å². The van der Waals surface area contributed by atoms with Crippen LogP contribution in [0.4, 0.5) is 0 Å². The lowest BCUT2D eigenvalue weighted by Crippen LogP contribution is -2.30. The Hall–Kier alpha value is -2.11. The Bertz CT molecular complexity index is 654. The van der Waals surface area contributed by atoms with Gasteiger partial charge in [-0.25, -0.2) is 0 Å². The fraction of sp³-hybridized carbons (Fsp3) is 0.562. The van der Waals surface area contributed by atoms with Crippen LogP contribution in [-0.4, -0.2) is 27.7 Å². The van der Waals surface area contributed by atoms with E-state index in [0.717, 1.165) is 47.9 Å². The summed E-state index contributed by atoms with van der Waals surface area (Å²) >= 11 is 0. The topological polar surface area (TPSA) is 72.4 Å². The van der Waals surface area contributed by atoms with Crippen LogP contribution < -0.4 is 0 Å². The number of hydrogen-bond donors (Lipinski definition) is 0. The molecule has 1 fully saturated rings. The summed E-state index contributed by atoms with van der Waals surface area (Å²) in [5.74, 6) is 1.74. The van der Waals surface area contributed by atoms with E-state index in [1.807, 2.05) is 31.7 Å². The zero-order valence-corrected chi connectivity index (χ0v) is 13.3. The minimum Gasteiger partial charge on any atom is -0.361 e. The molecule has 0 N–H and O–H groups in total. The second-order valence-electron chi connectivity index (χ2n) is 5.92. The van der Waals surface area contributed by atoms with E-state index in [1.165, 1.54) is 0 Å². The quantitative estimate of drug-likeness (QED) is 0.868. The Kier molecular flexibility index (Phi) is 4.00. The van der Waals surface area contributed by atoms with Crippen LogP contribution in [0.2, 0.25) is 0 Å². The Labute approximate surface area is 129 Å². The first-order valence-electron chi connectivity index (χ1n) is 7.70. The fourth-order valence-corrected chi connectivity index (χ4v) is 3.14. The van der Waals surface area contributed by atoms with Crippen molar-refractivity contribution in [3.63, 3.8) is 0 Å². The van der Waals surface area contributed by atoms with Crippen molar-refractivity contribution in [2.24, 2.45) is 0 Å². The molecule has 22 heavy (non-hydrogen) atoms. The number of nitrogens with zero attached hydrogens (tertiary/aromatic N) is 3. The number of carbonyl (C=O) groups excluding carboxylic acids is 1. The summed E-state index contributed by atoms with van der Waals surface area (Å²) in [5.41, 5.74) is 2.76. The Morgan fingerprint density at radius 2 is 2.14 bits per heavy atom. The highest BCUT2D eigenvalue weighted by molar-refractivity contribution is 5.77. The standard InChI is InChI=1S/C16H21N3O3/c1-10-9-15(22-17-10)14-5-4-8-19(14)16(20)7-6-13-11(2)18-21-12(13)3/h9,14H,4-8H2,1-3H3/t14-/m0/s1. The number of aromatic nitrogens is 2. The molecule has 1 amide bonds. The number of likely N-dealkylation sites (tertiary alicyclic amines) is 1. The molecule has 0 radical (unpaired) electrons. The van der Waals surface area contributed by atoms with Gasteiger partial charge in [-0.2, -0.15) is 0 Å². The van der Waals surface area contributed by atoms with Gasteiger partial charge in [0.25, 0.3) is 0 Å². The highest BCUT2D eigenvalue weighted by atomic mass is 16.5. The second kappa shape index (κ2) is 5.94. The minimum absolute atomic E-state index is 0.0263. The smallest absolute Gasteiger partial charge is 0.223 e. The second-order valence-corrected chi connectivity index (χ2v) is 5.92. The van der Waals surface area contributed by atoms with Gasteiger partial charge in [0.15, 0.2) is 5.76 Å². The van der Waals surface area contributed by atoms with Crippen LogP contribution in [0.3, 0.4) is 0 Å². The SMILES string of the molecule is Cc1cc([C@@H]2CCCN2C(=O)CCc2c(C)noc2C)on1. The van der Waals surface area contributed by atoms with Crippen LogP contribution in [0, 0.1) is 20.8 Å². The van der Waals surface area contributed by atoms with E-state index in [2.05, 4.69) is 10.3 Å². The lowest BCUT2D eigenvalue weighted by molar-refractivity contribution is -0.132. The van der Waals surface area contributed by atoms with E-state index in [4.69, 9.17) is 9.05 Å². The lowest BCUT2D eigenvalue weighted by atomic mass is 10.1. The van der Waals surface area contributed by atoms with E-state index < -0.39 is 0 Å². The van der Waals surface area contributed by atoms with E-state index in [0.29, 0.717) is 12.8 Å². The van der Waals surface area contributed by atoms with Crippen LogP contribution >= 0.6 is 0 Å². The highest BCUT2D eigenvalue weighted by Crippen LogP contribution is 2.33. The van der Waals surface area contributed by atoms with Gasteiger partial charge in [0, 0.05) is 24.6 Å². The molecule has 0 saturated carbocycles. The highest BCUT2D eigenvalue weighted by Gasteiger charge is 2.32. The number of rotatable bonds is 4. The molecule has 118 valence electrons. The van der Waals surface area contributed by atoms with Crippen molar-refractivity contribution < 1.29 is 13.8 Å². The average molecular weight is 303 g/mol. The molecule has 1 atom stereocenters. The largest absolute Gasteiger partial charge is 0.361 e. The number of amides is 1. The molecule has 3 heterocycles. The summed E-state index contributed by atoms with van der Waals surface area (Å²) < 4.78 is 10.5. The van der Waals surface area contributed by atoms with Crippen molar-refractivity contribution in [3.05, 3.63) is 34.5 Å². The van der Waals surface area contributed by atoms with Gasteiger partial charge in [0.1, 0.15) is 5.76 Å². The zero-order chi connectivity index (χ0) is 15.7. The van der Waals surface area contributed by atoms with Gasteiger partial charge in [-0.3, -0.25) is 4.79 Å². The normalized spacial score (nSPS) is 18.1. The molecule has 2 aromatic rings. The third-order valence-electron chi connectivity index (χ3n) is 4.32. The number of hydrogen-bond acceptors (Lipinski definition) is 5. The third kappa shape index (κ3) is 2.77.